The zero-order valence-corrected chi connectivity index (χ0v) is 24.5. The summed E-state index contributed by atoms with van der Waals surface area (Å²) in [6.45, 7) is 3.39. The fourth-order valence-electron chi connectivity index (χ4n) is 5.20. The molecule has 4 aromatic carbocycles. The van der Waals surface area contributed by atoms with Gasteiger partial charge < -0.3 is 25.4 Å². The summed E-state index contributed by atoms with van der Waals surface area (Å²) in [5.41, 5.74) is 4.43. The lowest BCUT2D eigenvalue weighted by atomic mass is 10.0. The molecule has 0 aliphatic carbocycles. The van der Waals surface area contributed by atoms with Crippen LogP contribution in [0, 0.1) is 5.82 Å². The van der Waals surface area contributed by atoms with Gasteiger partial charge in [-0.15, -0.1) is 0 Å². The van der Waals surface area contributed by atoms with Gasteiger partial charge in [0.25, 0.3) is 0 Å². The predicted octanol–water partition coefficient (Wildman–Crippen LogP) is 6.53. The van der Waals surface area contributed by atoms with Gasteiger partial charge in [-0.3, -0.25) is 10.1 Å². The van der Waals surface area contributed by atoms with Gasteiger partial charge in [-0.05, 0) is 59.9 Å². The Bertz CT molecular complexity index is 1520. The number of likely N-dealkylation sites (tertiary alicyclic amines) is 1. The molecule has 228 valence electrons. The van der Waals surface area contributed by atoms with Crippen LogP contribution in [0.3, 0.4) is 0 Å². The number of nitrogens with zero attached hydrogens (tertiary/aromatic N) is 1. The van der Waals surface area contributed by atoms with Crippen molar-refractivity contribution in [2.75, 3.05) is 30.3 Å². The van der Waals surface area contributed by atoms with E-state index in [1.54, 1.807) is 24.3 Å². The molecule has 4 N–H and O–H groups in total. The Kier molecular flexibility index (Phi) is 10.6. The Labute approximate surface area is 256 Å². The first kappa shape index (κ1) is 30.7. The van der Waals surface area contributed by atoms with Crippen molar-refractivity contribution in [3.8, 4) is 16.9 Å². The Hall–Kier alpha value is -4.73. The minimum Gasteiger partial charge on any atom is -0.508 e. The van der Waals surface area contributed by atoms with E-state index in [0.29, 0.717) is 57.5 Å². The molecule has 1 heterocycles. The van der Waals surface area contributed by atoms with Gasteiger partial charge in [0, 0.05) is 50.4 Å². The molecule has 8 nitrogen and oxygen atoms in total. The highest BCUT2D eigenvalue weighted by Crippen LogP contribution is 2.30. The van der Waals surface area contributed by atoms with Crippen LogP contribution in [0.2, 0.25) is 0 Å². The number of piperidine rings is 1. The van der Waals surface area contributed by atoms with Crippen LogP contribution in [0.25, 0.3) is 11.1 Å². The topological polar surface area (TPSA) is 103 Å². The maximum atomic E-state index is 14.6. The molecule has 9 heteroatoms. The second-order valence-corrected chi connectivity index (χ2v) is 10.9. The normalized spacial score (nSPS) is 13.8. The van der Waals surface area contributed by atoms with Crippen LogP contribution in [0.1, 0.15) is 30.4 Å². The van der Waals surface area contributed by atoms with Crippen molar-refractivity contribution in [1.82, 2.24) is 10.2 Å². The van der Waals surface area contributed by atoms with E-state index >= 15 is 0 Å². The number of benzene rings is 4. The monoisotopic (exact) mass is 596 g/mol. The third kappa shape index (κ3) is 8.89. The first-order valence-corrected chi connectivity index (χ1v) is 14.8. The number of rotatable bonds is 11. The average molecular weight is 597 g/mol. The van der Waals surface area contributed by atoms with Gasteiger partial charge in [0.15, 0.2) is 0 Å². The first-order valence-electron chi connectivity index (χ1n) is 14.8. The van der Waals surface area contributed by atoms with Crippen LogP contribution in [0.4, 0.5) is 20.6 Å². The van der Waals surface area contributed by atoms with E-state index in [9.17, 15) is 19.1 Å². The number of halogens is 1. The second-order valence-electron chi connectivity index (χ2n) is 10.9. The van der Waals surface area contributed by atoms with Crippen molar-refractivity contribution in [3.05, 3.63) is 114 Å². The van der Waals surface area contributed by atoms with Gasteiger partial charge >= 0.3 is 6.09 Å². The molecule has 0 radical (unpaired) electrons. The van der Waals surface area contributed by atoms with Crippen LogP contribution < -0.4 is 16.0 Å². The summed E-state index contributed by atoms with van der Waals surface area (Å²) < 4.78 is 20.2. The number of ether oxygens (including phenoxy) is 1. The summed E-state index contributed by atoms with van der Waals surface area (Å²) in [6.07, 6.45) is 0.683. The van der Waals surface area contributed by atoms with Crippen molar-refractivity contribution in [2.45, 2.75) is 38.5 Å². The van der Waals surface area contributed by atoms with Crippen LogP contribution in [0.5, 0.6) is 5.75 Å². The summed E-state index contributed by atoms with van der Waals surface area (Å²) in [6, 6.07) is 28.9. The summed E-state index contributed by atoms with van der Waals surface area (Å²) >= 11 is 0. The summed E-state index contributed by atoms with van der Waals surface area (Å²) in [5.74, 6) is -0.324. The Morgan fingerprint density at radius 1 is 0.818 bits per heavy atom. The number of amides is 2. The molecule has 1 aliphatic heterocycles. The number of anilines is 2. The average Bonchev–Trinajstić information content (AvgIpc) is 3.04. The molecule has 44 heavy (non-hydrogen) atoms. The smallest absolute Gasteiger partial charge is 0.412 e. The molecule has 4 aromatic rings. The van der Waals surface area contributed by atoms with Gasteiger partial charge in [0.05, 0.1) is 5.69 Å². The Morgan fingerprint density at radius 3 is 2.16 bits per heavy atom. The highest BCUT2D eigenvalue weighted by molar-refractivity contribution is 5.92. The zero-order chi connectivity index (χ0) is 30.7. The standard InChI is InChI=1S/C35H37FN4O4/c36-32-8-4-7-31(27-5-2-1-3-6-27)34(32)39-35(43)44-30-17-20-40(21-18-30)22-19-33(42)38-28-13-9-25(10-14-28)23-37-24-26-11-15-29(41)16-12-26/h1-16,30,37,41H,17-24H2,(H,38,42)(H,39,43). The molecule has 2 amide bonds. The van der Waals surface area contributed by atoms with Crippen molar-refractivity contribution < 1.29 is 23.8 Å². The van der Waals surface area contributed by atoms with E-state index in [0.717, 1.165) is 22.4 Å². The quantitative estimate of drug-likeness (QED) is 0.157. The van der Waals surface area contributed by atoms with E-state index in [1.807, 2.05) is 66.7 Å². The fourth-order valence-corrected chi connectivity index (χ4v) is 5.20. The van der Waals surface area contributed by atoms with Gasteiger partial charge in [-0.1, -0.05) is 66.7 Å². The van der Waals surface area contributed by atoms with Crippen LogP contribution in [-0.4, -0.2) is 47.7 Å². The molecular weight excluding hydrogens is 559 g/mol. The Balaban J connectivity index is 0.996. The van der Waals surface area contributed by atoms with Crippen LogP contribution in [-0.2, 0) is 22.6 Å². The number of carbonyl (C=O) groups excluding carboxylic acids is 2. The summed E-state index contributed by atoms with van der Waals surface area (Å²) in [5, 5.41) is 18.3. The zero-order valence-electron chi connectivity index (χ0n) is 24.5. The summed E-state index contributed by atoms with van der Waals surface area (Å²) in [4.78, 5) is 27.4. The number of carbonyl (C=O) groups is 2. The molecule has 0 aromatic heterocycles. The molecule has 0 saturated carbocycles. The van der Waals surface area contributed by atoms with Gasteiger partial charge in [-0.2, -0.15) is 0 Å². The minimum absolute atomic E-state index is 0.0555. The number of para-hydroxylation sites is 1. The number of aromatic hydroxyl groups is 1. The third-order valence-electron chi connectivity index (χ3n) is 7.62. The van der Waals surface area contributed by atoms with E-state index in [4.69, 9.17) is 4.74 Å². The maximum Gasteiger partial charge on any atom is 0.412 e. The van der Waals surface area contributed by atoms with Crippen molar-refractivity contribution in [3.63, 3.8) is 0 Å². The van der Waals surface area contributed by atoms with Crippen LogP contribution in [0.15, 0.2) is 97.1 Å². The molecule has 0 spiro atoms. The van der Waals surface area contributed by atoms with Crippen molar-refractivity contribution in [2.24, 2.45) is 0 Å². The largest absolute Gasteiger partial charge is 0.508 e. The number of nitrogens with one attached hydrogen (secondary N) is 3. The van der Waals surface area contributed by atoms with Gasteiger partial charge in [0.2, 0.25) is 5.91 Å². The molecule has 1 aliphatic rings. The summed E-state index contributed by atoms with van der Waals surface area (Å²) in [7, 11) is 0. The van der Waals surface area contributed by atoms with Gasteiger partial charge in [-0.25, -0.2) is 9.18 Å². The number of phenolic OH excluding ortho intramolecular Hbond substituents is 1. The molecular formula is C35H37FN4O4. The minimum atomic E-state index is -0.677. The second kappa shape index (κ2) is 15.1. The van der Waals surface area contributed by atoms with Crippen LogP contribution >= 0.6 is 0 Å². The lowest BCUT2D eigenvalue weighted by Gasteiger charge is -2.31. The molecule has 0 bridgehead atoms. The lowest BCUT2D eigenvalue weighted by Crippen LogP contribution is -2.39. The van der Waals surface area contributed by atoms with E-state index < -0.39 is 11.9 Å². The van der Waals surface area contributed by atoms with Gasteiger partial charge in [0.1, 0.15) is 17.7 Å². The molecule has 1 saturated heterocycles. The predicted molar refractivity (Wildman–Crippen MR) is 170 cm³/mol. The Morgan fingerprint density at radius 2 is 1.48 bits per heavy atom. The fraction of sp³-hybridized carbons (Fsp3) is 0.257. The lowest BCUT2D eigenvalue weighted by molar-refractivity contribution is -0.116. The first-order chi connectivity index (χ1) is 21.4. The number of hydrogen-bond donors (Lipinski definition) is 4. The number of phenols is 1. The molecule has 5 rings (SSSR count). The van der Waals surface area contributed by atoms with Crippen molar-refractivity contribution in [1.29, 1.82) is 0 Å². The third-order valence-corrected chi connectivity index (χ3v) is 7.62. The van der Waals surface area contributed by atoms with E-state index in [-0.39, 0.29) is 23.4 Å². The van der Waals surface area contributed by atoms with E-state index in [2.05, 4.69) is 20.9 Å². The van der Waals surface area contributed by atoms with E-state index in [1.165, 1.54) is 6.07 Å². The molecule has 0 atom stereocenters. The SMILES string of the molecule is O=C(CCN1CCC(OC(=O)Nc2c(F)cccc2-c2ccccc2)CC1)Nc1ccc(CNCc2ccc(O)cc2)cc1. The highest BCUT2D eigenvalue weighted by Gasteiger charge is 2.24. The highest BCUT2D eigenvalue weighted by atomic mass is 19.1. The number of hydrogen-bond acceptors (Lipinski definition) is 6. The maximum absolute atomic E-state index is 14.6. The molecule has 1 fully saturated rings. The van der Waals surface area contributed by atoms with Crippen molar-refractivity contribution >= 4 is 23.4 Å². The molecule has 0 unspecified atom stereocenters.